The fraction of sp³-hybridized carbons (Fsp3) is 1.00. The van der Waals surface area contributed by atoms with Gasteiger partial charge < -0.3 is 10.0 Å². The Balaban J connectivity index is 2.00. The van der Waals surface area contributed by atoms with Crippen molar-refractivity contribution in [2.45, 2.75) is 31.7 Å². The van der Waals surface area contributed by atoms with Crippen LogP contribution in [0.5, 0.6) is 0 Å². The Kier molecular flexibility index (Phi) is 2.14. The van der Waals surface area contributed by atoms with E-state index in [1.165, 1.54) is 38.8 Å². The van der Waals surface area contributed by atoms with Crippen molar-refractivity contribution in [2.24, 2.45) is 5.92 Å². The van der Waals surface area contributed by atoms with Gasteiger partial charge in [-0.15, -0.1) is 0 Å². The molecule has 0 aromatic heterocycles. The van der Waals surface area contributed by atoms with Crippen LogP contribution in [-0.4, -0.2) is 35.7 Å². The quantitative estimate of drug-likeness (QED) is 0.607. The van der Waals surface area contributed by atoms with Gasteiger partial charge in [-0.1, -0.05) is 0 Å². The normalized spacial score (nSPS) is 39.0. The molecule has 0 amide bonds. The number of aliphatic hydroxyl groups excluding tert-OH is 1. The van der Waals surface area contributed by atoms with Gasteiger partial charge in [0.1, 0.15) is 0 Å². The zero-order valence-corrected chi connectivity index (χ0v) is 7.00. The molecule has 1 N–H and O–H groups in total. The first kappa shape index (κ1) is 7.56. The molecule has 2 aliphatic rings. The summed E-state index contributed by atoms with van der Waals surface area (Å²) < 4.78 is 0. The van der Waals surface area contributed by atoms with E-state index in [0.29, 0.717) is 12.5 Å². The fourth-order valence-electron chi connectivity index (χ4n) is 2.63. The minimum atomic E-state index is 0.404. The summed E-state index contributed by atoms with van der Waals surface area (Å²) in [5, 5.41) is 9.11. The zero-order chi connectivity index (χ0) is 7.68. The number of aliphatic hydroxyl groups is 1. The summed E-state index contributed by atoms with van der Waals surface area (Å²) >= 11 is 0. The highest BCUT2D eigenvalue weighted by atomic mass is 16.3. The predicted octanol–water partition coefficient (Wildman–Crippen LogP) is 0.853. The maximum atomic E-state index is 9.11. The molecule has 0 aliphatic carbocycles. The van der Waals surface area contributed by atoms with Crippen LogP contribution in [0.1, 0.15) is 25.7 Å². The van der Waals surface area contributed by atoms with Crippen LogP contribution in [-0.2, 0) is 0 Å². The van der Waals surface area contributed by atoms with E-state index in [4.69, 9.17) is 5.11 Å². The summed E-state index contributed by atoms with van der Waals surface area (Å²) in [6.45, 7) is 2.96. The van der Waals surface area contributed by atoms with Crippen molar-refractivity contribution in [2.75, 3.05) is 19.7 Å². The third-order valence-corrected chi connectivity index (χ3v) is 3.21. The summed E-state index contributed by atoms with van der Waals surface area (Å²) in [6, 6.07) is 0.730. The van der Waals surface area contributed by atoms with E-state index >= 15 is 0 Å². The monoisotopic (exact) mass is 155 g/mol. The van der Waals surface area contributed by atoms with Crippen LogP contribution in [0.4, 0.5) is 0 Å². The van der Waals surface area contributed by atoms with Gasteiger partial charge in [0.05, 0.1) is 0 Å². The Morgan fingerprint density at radius 1 is 1.18 bits per heavy atom. The Labute approximate surface area is 68.2 Å². The van der Waals surface area contributed by atoms with Crippen molar-refractivity contribution in [3.63, 3.8) is 0 Å². The lowest BCUT2D eigenvalue weighted by atomic mass is 9.90. The molecule has 64 valence electrons. The molecular weight excluding hydrogens is 138 g/mol. The van der Waals surface area contributed by atoms with Gasteiger partial charge in [0.25, 0.3) is 0 Å². The molecule has 2 aliphatic heterocycles. The minimum absolute atomic E-state index is 0.404. The van der Waals surface area contributed by atoms with Crippen molar-refractivity contribution < 1.29 is 5.11 Å². The molecule has 2 heterocycles. The first-order valence-corrected chi connectivity index (χ1v) is 4.76. The molecule has 0 saturated carbocycles. The Morgan fingerprint density at radius 3 is 2.64 bits per heavy atom. The molecule has 0 aromatic rings. The van der Waals surface area contributed by atoms with E-state index in [2.05, 4.69) is 4.90 Å². The SMILES string of the molecule is OC[C@@H]1CCCN2CCC[C@H]12. The summed E-state index contributed by atoms with van der Waals surface area (Å²) in [5.41, 5.74) is 0. The first-order chi connectivity index (χ1) is 5.42. The summed E-state index contributed by atoms with van der Waals surface area (Å²) in [6.07, 6.45) is 5.21. The van der Waals surface area contributed by atoms with Crippen molar-refractivity contribution in [1.82, 2.24) is 4.90 Å². The van der Waals surface area contributed by atoms with Gasteiger partial charge in [-0.25, -0.2) is 0 Å². The lowest BCUT2D eigenvalue weighted by Crippen LogP contribution is -2.41. The molecule has 0 aromatic carbocycles. The zero-order valence-electron chi connectivity index (χ0n) is 7.00. The van der Waals surface area contributed by atoms with Gasteiger partial charge in [-0.2, -0.15) is 0 Å². The van der Waals surface area contributed by atoms with Gasteiger partial charge in [0, 0.05) is 12.6 Å². The second kappa shape index (κ2) is 3.11. The van der Waals surface area contributed by atoms with Crippen LogP contribution in [0.2, 0.25) is 0 Å². The summed E-state index contributed by atoms with van der Waals surface area (Å²) in [7, 11) is 0. The van der Waals surface area contributed by atoms with Crippen LogP contribution < -0.4 is 0 Å². The largest absolute Gasteiger partial charge is 0.396 e. The van der Waals surface area contributed by atoms with E-state index in [1.54, 1.807) is 0 Å². The van der Waals surface area contributed by atoms with Crippen molar-refractivity contribution in [3.8, 4) is 0 Å². The van der Waals surface area contributed by atoms with Crippen LogP contribution in [0, 0.1) is 5.92 Å². The molecule has 0 bridgehead atoms. The number of rotatable bonds is 1. The second-order valence-electron chi connectivity index (χ2n) is 3.83. The topological polar surface area (TPSA) is 23.5 Å². The molecule has 11 heavy (non-hydrogen) atoms. The van der Waals surface area contributed by atoms with Gasteiger partial charge in [0.2, 0.25) is 0 Å². The van der Waals surface area contributed by atoms with E-state index in [9.17, 15) is 0 Å². The van der Waals surface area contributed by atoms with Gasteiger partial charge in [-0.3, -0.25) is 0 Å². The Morgan fingerprint density at radius 2 is 1.91 bits per heavy atom. The van der Waals surface area contributed by atoms with Crippen LogP contribution in [0.25, 0.3) is 0 Å². The number of hydrogen-bond donors (Lipinski definition) is 1. The van der Waals surface area contributed by atoms with E-state index < -0.39 is 0 Å². The molecule has 2 atom stereocenters. The van der Waals surface area contributed by atoms with Crippen molar-refractivity contribution in [3.05, 3.63) is 0 Å². The third kappa shape index (κ3) is 1.30. The molecular formula is C9H17NO. The van der Waals surface area contributed by atoms with E-state index in [0.717, 1.165) is 6.04 Å². The van der Waals surface area contributed by atoms with Gasteiger partial charge in [0.15, 0.2) is 0 Å². The van der Waals surface area contributed by atoms with E-state index in [1.807, 2.05) is 0 Å². The highest BCUT2D eigenvalue weighted by Gasteiger charge is 2.33. The molecule has 0 spiro atoms. The highest BCUT2D eigenvalue weighted by Crippen LogP contribution is 2.30. The molecule has 2 saturated heterocycles. The standard InChI is InChI=1S/C9H17NO/c11-7-8-3-1-5-10-6-2-4-9(8)10/h8-9,11H,1-7H2/t8-,9+/m0/s1. The molecule has 0 unspecified atom stereocenters. The number of piperidine rings is 1. The van der Waals surface area contributed by atoms with Crippen LogP contribution in [0.15, 0.2) is 0 Å². The van der Waals surface area contributed by atoms with E-state index in [-0.39, 0.29) is 0 Å². The first-order valence-electron chi connectivity index (χ1n) is 4.76. The van der Waals surface area contributed by atoms with Crippen molar-refractivity contribution >= 4 is 0 Å². The fourth-order valence-corrected chi connectivity index (χ4v) is 2.63. The lowest BCUT2D eigenvalue weighted by Gasteiger charge is -2.35. The molecule has 2 fully saturated rings. The number of hydrogen-bond acceptors (Lipinski definition) is 2. The maximum Gasteiger partial charge on any atom is 0.0474 e. The molecule has 2 heteroatoms. The second-order valence-corrected chi connectivity index (χ2v) is 3.83. The van der Waals surface area contributed by atoms with Crippen molar-refractivity contribution in [1.29, 1.82) is 0 Å². The minimum Gasteiger partial charge on any atom is -0.396 e. The maximum absolute atomic E-state index is 9.11. The predicted molar refractivity (Wildman–Crippen MR) is 44.4 cm³/mol. The Hall–Kier alpha value is -0.0800. The molecule has 2 nitrogen and oxygen atoms in total. The highest BCUT2D eigenvalue weighted by molar-refractivity contribution is 4.88. The number of nitrogens with zero attached hydrogens (tertiary/aromatic N) is 1. The number of fused-ring (bicyclic) bond motifs is 1. The summed E-state index contributed by atoms with van der Waals surface area (Å²) in [5.74, 6) is 0.589. The Bertz CT molecular complexity index is 138. The molecule has 2 rings (SSSR count). The smallest absolute Gasteiger partial charge is 0.0474 e. The molecule has 0 radical (unpaired) electrons. The van der Waals surface area contributed by atoms with Crippen LogP contribution >= 0.6 is 0 Å². The van der Waals surface area contributed by atoms with Gasteiger partial charge >= 0.3 is 0 Å². The lowest BCUT2D eigenvalue weighted by molar-refractivity contribution is 0.0850. The average Bonchev–Trinajstić information content (AvgIpc) is 2.50. The van der Waals surface area contributed by atoms with Gasteiger partial charge in [-0.05, 0) is 44.7 Å². The average molecular weight is 155 g/mol. The summed E-state index contributed by atoms with van der Waals surface area (Å²) in [4.78, 5) is 2.56. The van der Waals surface area contributed by atoms with Crippen LogP contribution in [0.3, 0.4) is 0 Å². The third-order valence-electron chi connectivity index (χ3n) is 3.21.